The maximum Gasteiger partial charge on any atom is 0.142 e. The van der Waals surface area contributed by atoms with E-state index in [1.54, 1.807) is 6.07 Å². The lowest BCUT2D eigenvalue weighted by Crippen LogP contribution is -2.31. The van der Waals surface area contributed by atoms with E-state index in [2.05, 4.69) is 28.2 Å². The van der Waals surface area contributed by atoms with Crippen LogP contribution < -0.4 is 5.32 Å². The fourth-order valence-electron chi connectivity index (χ4n) is 2.13. The molecule has 1 aromatic carbocycles. The van der Waals surface area contributed by atoms with E-state index in [1.165, 1.54) is 6.42 Å². The first kappa shape index (κ1) is 11.1. The molecule has 1 aromatic rings. The van der Waals surface area contributed by atoms with E-state index in [9.17, 15) is 4.39 Å². The minimum Gasteiger partial charge on any atom is -0.310 e. The third kappa shape index (κ3) is 2.40. The van der Waals surface area contributed by atoms with Gasteiger partial charge in [0.25, 0.3) is 0 Å². The molecule has 2 unspecified atom stereocenters. The first-order valence-electron chi connectivity index (χ1n) is 5.35. The smallest absolute Gasteiger partial charge is 0.142 e. The molecular formula is C12H15BrFN. The summed E-state index contributed by atoms with van der Waals surface area (Å²) in [6.45, 7) is 3.21. The van der Waals surface area contributed by atoms with Gasteiger partial charge in [0.15, 0.2) is 0 Å². The molecule has 82 valence electrons. The summed E-state index contributed by atoms with van der Waals surface area (Å²) in [7, 11) is 0. The summed E-state index contributed by atoms with van der Waals surface area (Å²) in [5.41, 5.74) is 0.788. The quantitative estimate of drug-likeness (QED) is 0.822. The number of hydrogen-bond donors (Lipinski definition) is 1. The highest BCUT2D eigenvalue weighted by Gasteiger charge is 2.22. The lowest BCUT2D eigenvalue weighted by Gasteiger charge is -2.28. The molecule has 0 radical (unpaired) electrons. The SMILES string of the molecule is CC1CCNC(c2cccc(Br)c2F)C1. The van der Waals surface area contributed by atoms with Crippen LogP contribution >= 0.6 is 15.9 Å². The predicted molar refractivity (Wildman–Crippen MR) is 63.2 cm³/mol. The van der Waals surface area contributed by atoms with Gasteiger partial charge in [-0.25, -0.2) is 4.39 Å². The summed E-state index contributed by atoms with van der Waals surface area (Å²) in [6, 6.07) is 5.68. The van der Waals surface area contributed by atoms with Gasteiger partial charge in [0.1, 0.15) is 5.82 Å². The van der Waals surface area contributed by atoms with Gasteiger partial charge in [0.05, 0.1) is 4.47 Å². The summed E-state index contributed by atoms with van der Waals surface area (Å²) in [4.78, 5) is 0. The molecule has 0 bridgehead atoms. The average molecular weight is 272 g/mol. The number of benzene rings is 1. The summed E-state index contributed by atoms with van der Waals surface area (Å²) in [5.74, 6) is 0.554. The lowest BCUT2D eigenvalue weighted by atomic mass is 9.90. The van der Waals surface area contributed by atoms with E-state index in [0.29, 0.717) is 10.4 Å². The molecule has 2 atom stereocenters. The van der Waals surface area contributed by atoms with Crippen molar-refractivity contribution in [3.63, 3.8) is 0 Å². The standard InChI is InChI=1S/C12H15BrFN/c1-8-5-6-15-11(7-8)9-3-2-4-10(13)12(9)14/h2-4,8,11,15H,5-7H2,1H3. The van der Waals surface area contributed by atoms with E-state index in [-0.39, 0.29) is 11.9 Å². The van der Waals surface area contributed by atoms with Gasteiger partial charge in [-0.15, -0.1) is 0 Å². The zero-order valence-corrected chi connectivity index (χ0v) is 10.3. The van der Waals surface area contributed by atoms with E-state index in [4.69, 9.17) is 0 Å². The molecule has 2 rings (SSSR count). The molecule has 1 fully saturated rings. The summed E-state index contributed by atoms with van der Waals surface area (Å²) >= 11 is 3.23. The van der Waals surface area contributed by atoms with Crippen LogP contribution in [0.2, 0.25) is 0 Å². The molecule has 0 spiro atoms. The third-order valence-electron chi connectivity index (χ3n) is 3.02. The fourth-order valence-corrected chi connectivity index (χ4v) is 2.52. The molecular weight excluding hydrogens is 257 g/mol. The van der Waals surface area contributed by atoms with Crippen molar-refractivity contribution in [1.29, 1.82) is 0 Å². The Morgan fingerprint density at radius 2 is 2.27 bits per heavy atom. The molecule has 1 nitrogen and oxygen atoms in total. The van der Waals surface area contributed by atoms with Gasteiger partial charge in [-0.1, -0.05) is 19.1 Å². The molecule has 1 N–H and O–H groups in total. The van der Waals surface area contributed by atoms with E-state index in [1.807, 2.05) is 12.1 Å². The summed E-state index contributed by atoms with van der Waals surface area (Å²) < 4.78 is 14.4. The zero-order chi connectivity index (χ0) is 10.8. The summed E-state index contributed by atoms with van der Waals surface area (Å²) in [5, 5.41) is 3.37. The summed E-state index contributed by atoms with van der Waals surface area (Å²) in [6.07, 6.45) is 2.21. The third-order valence-corrected chi connectivity index (χ3v) is 3.64. The maximum absolute atomic E-state index is 13.8. The van der Waals surface area contributed by atoms with Gasteiger partial charge in [0, 0.05) is 11.6 Å². The number of rotatable bonds is 1. The molecule has 1 saturated heterocycles. The van der Waals surface area contributed by atoms with Gasteiger partial charge in [-0.05, 0) is 47.3 Å². The molecule has 15 heavy (non-hydrogen) atoms. The highest BCUT2D eigenvalue weighted by Crippen LogP contribution is 2.30. The number of nitrogens with one attached hydrogen (secondary N) is 1. The second-order valence-electron chi connectivity index (χ2n) is 4.28. The number of halogens is 2. The number of hydrogen-bond acceptors (Lipinski definition) is 1. The monoisotopic (exact) mass is 271 g/mol. The van der Waals surface area contributed by atoms with Crippen LogP contribution in [-0.2, 0) is 0 Å². The Hall–Kier alpha value is -0.410. The van der Waals surface area contributed by atoms with Crippen molar-refractivity contribution in [3.05, 3.63) is 34.1 Å². The first-order valence-corrected chi connectivity index (χ1v) is 6.15. The van der Waals surface area contributed by atoms with Crippen molar-refractivity contribution >= 4 is 15.9 Å². The van der Waals surface area contributed by atoms with Crippen LogP contribution in [0.5, 0.6) is 0 Å². The Labute approximate surface area is 98.2 Å². The zero-order valence-electron chi connectivity index (χ0n) is 8.76. The topological polar surface area (TPSA) is 12.0 Å². The van der Waals surface area contributed by atoms with Crippen molar-refractivity contribution in [2.45, 2.75) is 25.8 Å². The molecule has 1 aliphatic rings. The van der Waals surface area contributed by atoms with Crippen molar-refractivity contribution in [1.82, 2.24) is 5.32 Å². The molecule has 0 aliphatic carbocycles. The maximum atomic E-state index is 13.8. The van der Waals surface area contributed by atoms with Crippen LogP contribution in [-0.4, -0.2) is 6.54 Å². The van der Waals surface area contributed by atoms with Crippen LogP contribution in [0.1, 0.15) is 31.4 Å². The molecule has 0 saturated carbocycles. The second kappa shape index (κ2) is 4.62. The first-order chi connectivity index (χ1) is 7.18. The molecule has 1 aliphatic heterocycles. The van der Waals surface area contributed by atoms with Crippen LogP contribution in [0.15, 0.2) is 22.7 Å². The normalized spacial score (nSPS) is 26.6. The van der Waals surface area contributed by atoms with Crippen LogP contribution in [0.25, 0.3) is 0 Å². The van der Waals surface area contributed by atoms with E-state index in [0.717, 1.165) is 18.5 Å². The Balaban J connectivity index is 2.24. The van der Waals surface area contributed by atoms with Gasteiger partial charge >= 0.3 is 0 Å². The van der Waals surface area contributed by atoms with Gasteiger partial charge in [-0.2, -0.15) is 0 Å². The largest absolute Gasteiger partial charge is 0.310 e. The lowest BCUT2D eigenvalue weighted by molar-refractivity contribution is 0.319. The van der Waals surface area contributed by atoms with Crippen LogP contribution in [0.3, 0.4) is 0 Å². The molecule has 3 heteroatoms. The van der Waals surface area contributed by atoms with Crippen molar-refractivity contribution in [3.8, 4) is 0 Å². The molecule has 0 aromatic heterocycles. The average Bonchev–Trinajstić information content (AvgIpc) is 2.22. The Kier molecular flexibility index (Phi) is 3.42. The predicted octanol–water partition coefficient (Wildman–Crippen LogP) is 3.65. The highest BCUT2D eigenvalue weighted by atomic mass is 79.9. The van der Waals surface area contributed by atoms with Crippen molar-refractivity contribution < 1.29 is 4.39 Å². The van der Waals surface area contributed by atoms with Gasteiger partial charge in [0.2, 0.25) is 0 Å². The van der Waals surface area contributed by atoms with E-state index < -0.39 is 0 Å². The van der Waals surface area contributed by atoms with Crippen molar-refractivity contribution in [2.24, 2.45) is 5.92 Å². The Morgan fingerprint density at radius 3 is 3.00 bits per heavy atom. The minimum atomic E-state index is -0.121. The fraction of sp³-hybridized carbons (Fsp3) is 0.500. The van der Waals surface area contributed by atoms with Gasteiger partial charge in [-0.3, -0.25) is 0 Å². The number of piperidine rings is 1. The highest BCUT2D eigenvalue weighted by molar-refractivity contribution is 9.10. The molecule has 1 heterocycles. The Bertz CT molecular complexity index is 353. The van der Waals surface area contributed by atoms with Gasteiger partial charge < -0.3 is 5.32 Å². The van der Waals surface area contributed by atoms with E-state index >= 15 is 0 Å². The van der Waals surface area contributed by atoms with Crippen LogP contribution in [0.4, 0.5) is 4.39 Å². The molecule has 0 amide bonds. The van der Waals surface area contributed by atoms with Crippen LogP contribution in [0, 0.1) is 11.7 Å². The second-order valence-corrected chi connectivity index (χ2v) is 5.13. The minimum absolute atomic E-state index is 0.121. The van der Waals surface area contributed by atoms with Crippen molar-refractivity contribution in [2.75, 3.05) is 6.54 Å². The Morgan fingerprint density at radius 1 is 1.47 bits per heavy atom.